The summed E-state index contributed by atoms with van der Waals surface area (Å²) < 4.78 is 0. The first kappa shape index (κ1) is 9.97. The van der Waals surface area contributed by atoms with E-state index in [0.29, 0.717) is 5.91 Å². The second kappa shape index (κ2) is 4.78. The predicted octanol–water partition coefficient (Wildman–Crippen LogP) is 0.998. The Kier molecular flexibility index (Phi) is 3.40. The molecule has 2 rings (SSSR count). The van der Waals surface area contributed by atoms with Crippen LogP contribution in [0.2, 0.25) is 0 Å². The average Bonchev–Trinajstić information content (AvgIpc) is 2.30. The fourth-order valence-electron chi connectivity index (χ4n) is 2.44. The van der Waals surface area contributed by atoms with Crippen LogP contribution in [-0.2, 0) is 4.79 Å². The summed E-state index contributed by atoms with van der Waals surface area (Å²) in [7, 11) is 0. The number of piperidine rings is 2. The molecule has 0 saturated carbocycles. The molecule has 0 aromatic heterocycles. The summed E-state index contributed by atoms with van der Waals surface area (Å²) in [5, 5.41) is 3.31. The molecule has 3 heteroatoms. The van der Waals surface area contributed by atoms with Gasteiger partial charge in [0.25, 0.3) is 0 Å². The van der Waals surface area contributed by atoms with Crippen LogP contribution < -0.4 is 5.32 Å². The third-order valence-corrected chi connectivity index (χ3v) is 3.31. The van der Waals surface area contributed by atoms with Gasteiger partial charge in [-0.15, -0.1) is 0 Å². The van der Waals surface area contributed by atoms with Gasteiger partial charge in [-0.25, -0.2) is 0 Å². The molecule has 80 valence electrons. The SMILES string of the molecule is O=C(C1CCCNC1)N1CCCCC1. The number of nitrogens with one attached hydrogen (secondary N) is 1. The van der Waals surface area contributed by atoms with Crippen LogP contribution in [0.15, 0.2) is 0 Å². The number of nitrogens with zero attached hydrogens (tertiary/aromatic N) is 1. The maximum atomic E-state index is 12.0. The van der Waals surface area contributed by atoms with E-state index in [0.717, 1.165) is 39.0 Å². The molecule has 2 fully saturated rings. The lowest BCUT2D eigenvalue weighted by Crippen LogP contribution is -2.44. The Labute approximate surface area is 85.8 Å². The third-order valence-electron chi connectivity index (χ3n) is 3.31. The molecule has 3 nitrogen and oxygen atoms in total. The van der Waals surface area contributed by atoms with Crippen molar-refractivity contribution in [1.82, 2.24) is 10.2 Å². The standard InChI is InChI=1S/C11H20N2O/c14-11(10-5-4-6-12-9-10)13-7-2-1-3-8-13/h10,12H,1-9H2. The van der Waals surface area contributed by atoms with Crippen LogP contribution in [-0.4, -0.2) is 37.0 Å². The van der Waals surface area contributed by atoms with Gasteiger partial charge in [0.2, 0.25) is 5.91 Å². The molecule has 0 radical (unpaired) electrons. The van der Waals surface area contributed by atoms with Crippen molar-refractivity contribution in [3.05, 3.63) is 0 Å². The molecule has 2 aliphatic rings. The molecule has 14 heavy (non-hydrogen) atoms. The maximum Gasteiger partial charge on any atom is 0.226 e. The fourth-order valence-corrected chi connectivity index (χ4v) is 2.44. The van der Waals surface area contributed by atoms with Crippen molar-refractivity contribution in [3.63, 3.8) is 0 Å². The predicted molar refractivity (Wildman–Crippen MR) is 56.0 cm³/mol. The molecule has 1 unspecified atom stereocenters. The lowest BCUT2D eigenvalue weighted by Gasteiger charge is -2.32. The first-order valence-electron chi connectivity index (χ1n) is 5.87. The molecule has 0 aliphatic carbocycles. The summed E-state index contributed by atoms with van der Waals surface area (Å²) in [6.45, 7) is 3.98. The van der Waals surface area contributed by atoms with E-state index < -0.39 is 0 Å². The third kappa shape index (κ3) is 2.27. The van der Waals surface area contributed by atoms with E-state index in [9.17, 15) is 4.79 Å². The minimum atomic E-state index is 0.266. The monoisotopic (exact) mass is 196 g/mol. The van der Waals surface area contributed by atoms with E-state index in [1.54, 1.807) is 0 Å². The van der Waals surface area contributed by atoms with Crippen molar-refractivity contribution in [3.8, 4) is 0 Å². The number of carbonyl (C=O) groups is 1. The Hall–Kier alpha value is -0.570. The molecular formula is C11H20N2O. The topological polar surface area (TPSA) is 32.3 Å². The van der Waals surface area contributed by atoms with Crippen LogP contribution in [0.5, 0.6) is 0 Å². The quantitative estimate of drug-likeness (QED) is 0.678. The molecule has 1 amide bonds. The van der Waals surface area contributed by atoms with E-state index >= 15 is 0 Å². The van der Waals surface area contributed by atoms with Gasteiger partial charge in [-0.2, -0.15) is 0 Å². The zero-order valence-electron chi connectivity index (χ0n) is 8.80. The summed E-state index contributed by atoms with van der Waals surface area (Å²) in [6.07, 6.45) is 5.94. The smallest absolute Gasteiger partial charge is 0.226 e. The number of rotatable bonds is 1. The highest BCUT2D eigenvalue weighted by Crippen LogP contribution is 2.17. The van der Waals surface area contributed by atoms with Gasteiger partial charge in [0.15, 0.2) is 0 Å². The zero-order chi connectivity index (χ0) is 9.80. The maximum absolute atomic E-state index is 12.0. The Balaban J connectivity index is 1.85. The Morgan fingerprint density at radius 2 is 1.93 bits per heavy atom. The number of amides is 1. The van der Waals surface area contributed by atoms with Gasteiger partial charge in [0, 0.05) is 19.6 Å². The van der Waals surface area contributed by atoms with Gasteiger partial charge in [0.05, 0.1) is 5.92 Å². The van der Waals surface area contributed by atoms with Gasteiger partial charge in [-0.3, -0.25) is 4.79 Å². The van der Waals surface area contributed by atoms with Crippen LogP contribution in [0.1, 0.15) is 32.1 Å². The molecule has 1 N–H and O–H groups in total. The summed E-state index contributed by atoms with van der Waals surface area (Å²) in [5.74, 6) is 0.666. The van der Waals surface area contributed by atoms with E-state index in [2.05, 4.69) is 10.2 Å². The molecule has 2 saturated heterocycles. The highest BCUT2D eigenvalue weighted by molar-refractivity contribution is 5.79. The molecule has 0 aromatic carbocycles. The molecule has 0 aromatic rings. The minimum absolute atomic E-state index is 0.266. The number of carbonyl (C=O) groups excluding carboxylic acids is 1. The highest BCUT2D eigenvalue weighted by atomic mass is 16.2. The van der Waals surface area contributed by atoms with Crippen LogP contribution in [0.3, 0.4) is 0 Å². The van der Waals surface area contributed by atoms with E-state index in [1.807, 2.05) is 0 Å². The van der Waals surface area contributed by atoms with E-state index in [4.69, 9.17) is 0 Å². The van der Waals surface area contributed by atoms with Crippen LogP contribution in [0.25, 0.3) is 0 Å². The van der Waals surface area contributed by atoms with Crippen LogP contribution in [0, 0.1) is 5.92 Å². The first-order valence-corrected chi connectivity index (χ1v) is 5.87. The van der Waals surface area contributed by atoms with Crippen molar-refractivity contribution in [2.75, 3.05) is 26.2 Å². The fraction of sp³-hybridized carbons (Fsp3) is 0.909. The molecular weight excluding hydrogens is 176 g/mol. The minimum Gasteiger partial charge on any atom is -0.342 e. The second-order valence-electron chi connectivity index (χ2n) is 4.43. The molecule has 2 aliphatic heterocycles. The Morgan fingerprint density at radius 3 is 2.57 bits per heavy atom. The molecule has 0 spiro atoms. The van der Waals surface area contributed by atoms with Crippen LogP contribution >= 0.6 is 0 Å². The summed E-state index contributed by atoms with van der Waals surface area (Å²) in [5.41, 5.74) is 0. The van der Waals surface area contributed by atoms with Crippen molar-refractivity contribution in [2.45, 2.75) is 32.1 Å². The second-order valence-corrected chi connectivity index (χ2v) is 4.43. The number of hydrogen-bond acceptors (Lipinski definition) is 2. The number of likely N-dealkylation sites (tertiary alicyclic amines) is 1. The molecule has 1 atom stereocenters. The van der Waals surface area contributed by atoms with Gasteiger partial charge < -0.3 is 10.2 Å². The zero-order valence-corrected chi connectivity index (χ0v) is 8.80. The molecule has 0 bridgehead atoms. The normalized spacial score (nSPS) is 28.9. The largest absolute Gasteiger partial charge is 0.342 e. The van der Waals surface area contributed by atoms with Crippen molar-refractivity contribution in [1.29, 1.82) is 0 Å². The number of hydrogen-bond donors (Lipinski definition) is 1. The summed E-state index contributed by atoms with van der Waals surface area (Å²) in [6, 6.07) is 0. The van der Waals surface area contributed by atoms with Crippen molar-refractivity contribution >= 4 is 5.91 Å². The van der Waals surface area contributed by atoms with Crippen molar-refractivity contribution in [2.24, 2.45) is 5.92 Å². The van der Waals surface area contributed by atoms with Gasteiger partial charge in [-0.1, -0.05) is 0 Å². The summed E-state index contributed by atoms with van der Waals surface area (Å²) >= 11 is 0. The van der Waals surface area contributed by atoms with Gasteiger partial charge in [-0.05, 0) is 38.6 Å². The van der Waals surface area contributed by atoms with Gasteiger partial charge >= 0.3 is 0 Å². The average molecular weight is 196 g/mol. The van der Waals surface area contributed by atoms with Crippen molar-refractivity contribution < 1.29 is 4.79 Å². The molecule has 2 heterocycles. The van der Waals surface area contributed by atoms with E-state index in [-0.39, 0.29) is 5.92 Å². The Morgan fingerprint density at radius 1 is 1.14 bits per heavy atom. The van der Waals surface area contributed by atoms with E-state index in [1.165, 1.54) is 19.3 Å². The Bertz CT molecular complexity index is 173. The first-order chi connectivity index (χ1) is 6.88. The lowest BCUT2D eigenvalue weighted by atomic mass is 9.97. The highest BCUT2D eigenvalue weighted by Gasteiger charge is 2.26. The lowest BCUT2D eigenvalue weighted by molar-refractivity contribution is -0.136. The summed E-state index contributed by atoms with van der Waals surface area (Å²) in [4.78, 5) is 14.1. The van der Waals surface area contributed by atoms with Crippen LogP contribution in [0.4, 0.5) is 0 Å². The van der Waals surface area contributed by atoms with Gasteiger partial charge in [0.1, 0.15) is 0 Å².